The third-order valence-electron chi connectivity index (χ3n) is 7.09. The second-order valence-electron chi connectivity index (χ2n) is 9.24. The maximum Gasteiger partial charge on any atom is 0.257 e. The minimum atomic E-state index is -0.603. The zero-order valence-electron chi connectivity index (χ0n) is 19.1. The van der Waals surface area contributed by atoms with Crippen molar-refractivity contribution in [3.63, 3.8) is 0 Å². The molecule has 7 heteroatoms. The Morgan fingerprint density at radius 3 is 2.45 bits per heavy atom. The number of hydrogen-bond acceptors (Lipinski definition) is 4. The van der Waals surface area contributed by atoms with E-state index in [0.29, 0.717) is 24.2 Å². The fraction of sp³-hybridized carbons (Fsp3) is 0.346. The third kappa shape index (κ3) is 3.53. The highest BCUT2D eigenvalue weighted by Gasteiger charge is 2.66. The predicted molar refractivity (Wildman–Crippen MR) is 125 cm³/mol. The van der Waals surface area contributed by atoms with Crippen LogP contribution in [0, 0.1) is 13.8 Å². The number of hydrogen-bond donors (Lipinski definition) is 2. The molecule has 3 aromatic rings. The first-order chi connectivity index (χ1) is 15.9. The first-order valence-corrected chi connectivity index (χ1v) is 11.2. The molecule has 1 saturated carbocycles. The molecule has 1 aliphatic carbocycles. The van der Waals surface area contributed by atoms with Gasteiger partial charge in [0.25, 0.3) is 11.8 Å². The van der Waals surface area contributed by atoms with Crippen molar-refractivity contribution in [3.8, 4) is 11.3 Å². The van der Waals surface area contributed by atoms with Gasteiger partial charge in [0.15, 0.2) is 0 Å². The maximum absolute atomic E-state index is 13.5. The van der Waals surface area contributed by atoms with Gasteiger partial charge in [0, 0.05) is 31.3 Å². The molecular weight excluding hydrogens is 416 g/mol. The first-order valence-electron chi connectivity index (χ1n) is 11.2. The van der Waals surface area contributed by atoms with Crippen LogP contribution in [0.15, 0.2) is 54.7 Å². The van der Waals surface area contributed by atoms with Gasteiger partial charge in [-0.15, -0.1) is 0 Å². The molecule has 1 saturated heterocycles. The molecule has 0 atom stereocenters. The lowest BCUT2D eigenvalue weighted by Gasteiger charge is -2.54. The molecule has 7 nitrogen and oxygen atoms in total. The molecular formula is C26H28N4O3. The molecule has 2 fully saturated rings. The summed E-state index contributed by atoms with van der Waals surface area (Å²) in [7, 11) is 1.68. The van der Waals surface area contributed by atoms with E-state index in [0.717, 1.165) is 29.7 Å². The minimum Gasteiger partial charge on any atom is -0.376 e. The number of likely N-dealkylation sites (tertiary alicyclic amines) is 1. The molecule has 2 aromatic carbocycles. The lowest BCUT2D eigenvalue weighted by Crippen LogP contribution is -2.77. The van der Waals surface area contributed by atoms with Crippen LogP contribution >= 0.6 is 0 Å². The zero-order chi connectivity index (χ0) is 23.2. The quantitative estimate of drug-likeness (QED) is 0.609. The molecule has 2 heterocycles. The number of amides is 2. The summed E-state index contributed by atoms with van der Waals surface area (Å²) in [6.07, 6.45) is 3.31. The van der Waals surface area contributed by atoms with Gasteiger partial charge in [-0.05, 0) is 44.4 Å². The Labute approximate surface area is 193 Å². The summed E-state index contributed by atoms with van der Waals surface area (Å²) < 4.78 is 5.86. The second kappa shape index (κ2) is 7.85. The van der Waals surface area contributed by atoms with Gasteiger partial charge in [0.1, 0.15) is 5.54 Å². The van der Waals surface area contributed by atoms with E-state index >= 15 is 0 Å². The number of benzene rings is 2. The van der Waals surface area contributed by atoms with E-state index < -0.39 is 11.1 Å². The van der Waals surface area contributed by atoms with Crippen LogP contribution in [0.3, 0.4) is 0 Å². The SMILES string of the molecule is COC1(C2(NC(=O)c3ccccc3)CN(C(=O)c3cn[nH]c3-c3ccc(C)cc3C)C2)CC1. The minimum absolute atomic E-state index is 0.102. The van der Waals surface area contributed by atoms with Crippen molar-refractivity contribution in [1.82, 2.24) is 20.4 Å². The van der Waals surface area contributed by atoms with Crippen LogP contribution in [0.1, 0.15) is 44.7 Å². The highest BCUT2D eigenvalue weighted by molar-refractivity contribution is 6.01. The summed E-state index contributed by atoms with van der Waals surface area (Å²) >= 11 is 0. The molecule has 1 aromatic heterocycles. The highest BCUT2D eigenvalue weighted by atomic mass is 16.5. The van der Waals surface area contributed by atoms with Gasteiger partial charge in [-0.3, -0.25) is 14.7 Å². The monoisotopic (exact) mass is 444 g/mol. The Bertz CT molecular complexity index is 1210. The number of aromatic amines is 1. The Balaban J connectivity index is 1.38. The average Bonchev–Trinajstić information content (AvgIpc) is 3.45. The number of H-pyrrole nitrogens is 1. The van der Waals surface area contributed by atoms with E-state index in [1.165, 1.54) is 5.56 Å². The molecule has 0 radical (unpaired) electrons. The van der Waals surface area contributed by atoms with Gasteiger partial charge >= 0.3 is 0 Å². The average molecular weight is 445 g/mol. The topological polar surface area (TPSA) is 87.3 Å². The van der Waals surface area contributed by atoms with Gasteiger partial charge in [-0.1, -0.05) is 42.0 Å². The van der Waals surface area contributed by atoms with Gasteiger partial charge < -0.3 is 15.0 Å². The van der Waals surface area contributed by atoms with Crippen molar-refractivity contribution in [2.45, 2.75) is 37.8 Å². The number of ether oxygens (including phenoxy) is 1. The van der Waals surface area contributed by atoms with Crippen LogP contribution in [-0.4, -0.2) is 58.3 Å². The Hall–Kier alpha value is -3.45. The van der Waals surface area contributed by atoms with E-state index in [-0.39, 0.29) is 11.8 Å². The largest absolute Gasteiger partial charge is 0.376 e. The van der Waals surface area contributed by atoms with E-state index in [1.807, 2.05) is 44.2 Å². The molecule has 2 N–H and O–H groups in total. The molecule has 1 aliphatic heterocycles. The lowest BCUT2D eigenvalue weighted by atomic mass is 9.80. The van der Waals surface area contributed by atoms with Crippen LogP contribution in [-0.2, 0) is 4.74 Å². The third-order valence-corrected chi connectivity index (χ3v) is 7.09. The maximum atomic E-state index is 13.5. The number of nitrogens with zero attached hydrogens (tertiary/aromatic N) is 2. The molecule has 33 heavy (non-hydrogen) atoms. The summed E-state index contributed by atoms with van der Waals surface area (Å²) in [6, 6.07) is 15.3. The summed E-state index contributed by atoms with van der Waals surface area (Å²) in [4.78, 5) is 28.2. The van der Waals surface area contributed by atoms with Crippen molar-refractivity contribution < 1.29 is 14.3 Å². The van der Waals surface area contributed by atoms with Crippen molar-refractivity contribution in [2.24, 2.45) is 0 Å². The van der Waals surface area contributed by atoms with E-state index in [4.69, 9.17) is 4.74 Å². The normalized spacial score (nSPS) is 17.8. The van der Waals surface area contributed by atoms with Crippen molar-refractivity contribution in [3.05, 3.63) is 77.0 Å². The highest BCUT2D eigenvalue weighted by Crippen LogP contribution is 2.52. The molecule has 0 unspecified atom stereocenters. The van der Waals surface area contributed by atoms with Crippen LogP contribution in [0.5, 0.6) is 0 Å². The van der Waals surface area contributed by atoms with Gasteiger partial charge in [0.2, 0.25) is 0 Å². The van der Waals surface area contributed by atoms with E-state index in [2.05, 4.69) is 21.6 Å². The fourth-order valence-electron chi connectivity index (χ4n) is 5.02. The van der Waals surface area contributed by atoms with Crippen molar-refractivity contribution in [1.29, 1.82) is 0 Å². The van der Waals surface area contributed by atoms with Crippen molar-refractivity contribution >= 4 is 11.8 Å². The number of aromatic nitrogens is 2. The predicted octanol–water partition coefficient (Wildman–Crippen LogP) is 3.50. The van der Waals surface area contributed by atoms with Crippen molar-refractivity contribution in [2.75, 3.05) is 20.2 Å². The Morgan fingerprint density at radius 2 is 1.82 bits per heavy atom. The van der Waals surface area contributed by atoms with Crippen LogP contribution in [0.2, 0.25) is 0 Å². The summed E-state index contributed by atoms with van der Waals surface area (Å²) in [5.41, 5.74) is 4.03. The van der Waals surface area contributed by atoms with Gasteiger partial charge in [-0.2, -0.15) is 5.10 Å². The van der Waals surface area contributed by atoms with E-state index in [9.17, 15) is 9.59 Å². The molecule has 0 spiro atoms. The molecule has 2 amide bonds. The molecule has 0 bridgehead atoms. The van der Waals surface area contributed by atoms with Crippen LogP contribution in [0.25, 0.3) is 11.3 Å². The lowest BCUT2D eigenvalue weighted by molar-refractivity contribution is -0.0708. The number of carbonyl (C=O) groups excluding carboxylic acids is 2. The number of aryl methyl sites for hydroxylation is 2. The van der Waals surface area contributed by atoms with Gasteiger partial charge in [0.05, 0.1) is 23.1 Å². The number of rotatable bonds is 6. The Kier molecular flexibility index (Phi) is 5.09. The molecule has 5 rings (SSSR count). The second-order valence-corrected chi connectivity index (χ2v) is 9.24. The zero-order valence-corrected chi connectivity index (χ0v) is 19.1. The first kappa shape index (κ1) is 21.4. The smallest absolute Gasteiger partial charge is 0.257 e. The summed E-state index contributed by atoms with van der Waals surface area (Å²) in [5, 5.41) is 10.4. The number of carbonyl (C=O) groups is 2. The standard InChI is InChI=1S/C26H28N4O3/c1-17-9-10-20(18(2)13-17)22-21(14-27-29-22)24(32)30-15-25(16-30,26(33-3)11-12-26)28-23(31)19-7-5-4-6-8-19/h4-10,13-14H,11-12,15-16H2,1-3H3,(H,27,29)(H,28,31). The Morgan fingerprint density at radius 1 is 1.09 bits per heavy atom. The van der Waals surface area contributed by atoms with Crippen LogP contribution in [0.4, 0.5) is 0 Å². The molecule has 170 valence electrons. The molecule has 2 aliphatic rings. The summed E-state index contributed by atoms with van der Waals surface area (Å²) in [5.74, 6) is -0.250. The number of nitrogens with one attached hydrogen (secondary N) is 2. The van der Waals surface area contributed by atoms with Crippen LogP contribution < -0.4 is 5.32 Å². The number of methoxy groups -OCH3 is 1. The summed E-state index contributed by atoms with van der Waals surface area (Å²) in [6.45, 7) is 4.87. The van der Waals surface area contributed by atoms with E-state index in [1.54, 1.807) is 30.3 Å². The fourth-order valence-corrected chi connectivity index (χ4v) is 5.02. The van der Waals surface area contributed by atoms with Gasteiger partial charge in [-0.25, -0.2) is 0 Å².